The second-order valence-corrected chi connectivity index (χ2v) is 8.13. The Balaban J connectivity index is 2.87. The Hall–Kier alpha value is -2.38. The van der Waals surface area contributed by atoms with Crippen LogP contribution in [0.4, 0.5) is 0 Å². The highest BCUT2D eigenvalue weighted by Crippen LogP contribution is 2.08. The molecule has 176 valence electrons. The number of carbonyl (C=O) groups is 5. The first-order valence-corrected chi connectivity index (χ1v) is 11.3. The van der Waals surface area contributed by atoms with Crippen LogP contribution in [0, 0.1) is 0 Å². The minimum atomic E-state index is -1.51. The summed E-state index contributed by atoms with van der Waals surface area (Å²) in [6.45, 7) is -0.126. The molecule has 13 heteroatoms. The van der Waals surface area contributed by atoms with Crippen molar-refractivity contribution in [2.45, 2.75) is 56.3 Å². The standard InChI is InChI=1S/C18H31N5O7S/c1-31-8-6-12(17(28)23-13(9-24)18(29)30)22-16(27)11(4-5-14(19)25)21-15(26)10-3-2-7-20-10/h10-13,20,24H,2-9H2,1H3,(H2,19,25)(H,21,26)(H,22,27)(H,23,28)(H,29,30). The van der Waals surface area contributed by atoms with Gasteiger partial charge in [0.05, 0.1) is 12.6 Å². The van der Waals surface area contributed by atoms with Gasteiger partial charge in [-0.15, -0.1) is 0 Å². The molecule has 4 amide bonds. The number of primary amides is 1. The zero-order valence-corrected chi connectivity index (χ0v) is 18.2. The van der Waals surface area contributed by atoms with Crippen molar-refractivity contribution in [3.05, 3.63) is 0 Å². The summed E-state index contributed by atoms with van der Waals surface area (Å²) >= 11 is 1.42. The zero-order valence-electron chi connectivity index (χ0n) is 17.4. The molecule has 0 aromatic heterocycles. The third-order valence-electron chi connectivity index (χ3n) is 4.73. The second kappa shape index (κ2) is 13.8. The van der Waals surface area contributed by atoms with E-state index in [-0.39, 0.29) is 19.3 Å². The highest BCUT2D eigenvalue weighted by molar-refractivity contribution is 7.98. The maximum atomic E-state index is 12.8. The largest absolute Gasteiger partial charge is 0.480 e. The molecule has 8 N–H and O–H groups in total. The first kappa shape index (κ1) is 26.7. The molecule has 1 heterocycles. The number of carbonyl (C=O) groups excluding carboxylic acids is 4. The second-order valence-electron chi connectivity index (χ2n) is 7.14. The maximum Gasteiger partial charge on any atom is 0.328 e. The lowest BCUT2D eigenvalue weighted by molar-refractivity contribution is -0.143. The lowest BCUT2D eigenvalue weighted by Crippen LogP contribution is -2.57. The SMILES string of the molecule is CSCCC(NC(=O)C(CCC(N)=O)NC(=O)C1CCCN1)C(=O)NC(CO)C(=O)O. The van der Waals surface area contributed by atoms with E-state index >= 15 is 0 Å². The Morgan fingerprint density at radius 1 is 1.06 bits per heavy atom. The van der Waals surface area contributed by atoms with Crippen LogP contribution in [0.3, 0.4) is 0 Å². The van der Waals surface area contributed by atoms with Crippen LogP contribution in [0.25, 0.3) is 0 Å². The molecular formula is C18H31N5O7S. The van der Waals surface area contributed by atoms with Crippen LogP contribution in [0.1, 0.15) is 32.1 Å². The van der Waals surface area contributed by atoms with Crippen molar-refractivity contribution >= 4 is 41.4 Å². The van der Waals surface area contributed by atoms with Crippen molar-refractivity contribution in [1.29, 1.82) is 0 Å². The molecule has 4 unspecified atom stereocenters. The van der Waals surface area contributed by atoms with E-state index in [0.29, 0.717) is 18.7 Å². The Labute approximate surface area is 184 Å². The Bertz CT molecular complexity index is 657. The predicted molar refractivity (Wildman–Crippen MR) is 113 cm³/mol. The van der Waals surface area contributed by atoms with E-state index in [9.17, 15) is 24.0 Å². The number of thioether (sulfide) groups is 1. The molecule has 0 spiro atoms. The molecule has 1 aliphatic heterocycles. The minimum absolute atomic E-state index is 0.0507. The molecule has 4 atom stereocenters. The fourth-order valence-electron chi connectivity index (χ4n) is 2.97. The number of amides is 4. The summed E-state index contributed by atoms with van der Waals surface area (Å²) in [4.78, 5) is 60.0. The van der Waals surface area contributed by atoms with Gasteiger partial charge in [-0.1, -0.05) is 0 Å². The monoisotopic (exact) mass is 461 g/mol. The van der Waals surface area contributed by atoms with Crippen LogP contribution in [0.2, 0.25) is 0 Å². The van der Waals surface area contributed by atoms with Gasteiger partial charge in [-0.05, 0) is 44.2 Å². The Morgan fingerprint density at radius 2 is 1.68 bits per heavy atom. The third kappa shape index (κ3) is 9.53. The number of hydrogen-bond donors (Lipinski definition) is 7. The number of carboxylic acid groups (broad SMARTS) is 1. The van der Waals surface area contributed by atoms with E-state index in [1.807, 2.05) is 0 Å². The van der Waals surface area contributed by atoms with Gasteiger partial charge in [-0.25, -0.2) is 4.79 Å². The summed E-state index contributed by atoms with van der Waals surface area (Å²) in [6, 6.07) is -4.15. The molecule has 1 aliphatic rings. The van der Waals surface area contributed by atoms with Crippen molar-refractivity contribution < 1.29 is 34.2 Å². The van der Waals surface area contributed by atoms with Crippen LogP contribution in [-0.4, -0.2) is 89.1 Å². The number of aliphatic carboxylic acids is 1. The molecule has 1 saturated heterocycles. The number of aliphatic hydroxyl groups is 1. The van der Waals surface area contributed by atoms with Crippen molar-refractivity contribution in [3.8, 4) is 0 Å². The Morgan fingerprint density at radius 3 is 2.16 bits per heavy atom. The summed E-state index contributed by atoms with van der Waals surface area (Å²) < 4.78 is 0. The molecule has 0 aromatic carbocycles. The summed E-state index contributed by atoms with van der Waals surface area (Å²) in [6.07, 6.45) is 3.23. The molecule has 0 saturated carbocycles. The van der Waals surface area contributed by atoms with Gasteiger partial charge in [0.25, 0.3) is 0 Å². The first-order chi connectivity index (χ1) is 14.7. The van der Waals surface area contributed by atoms with Crippen molar-refractivity contribution in [2.75, 3.05) is 25.2 Å². The van der Waals surface area contributed by atoms with Crippen molar-refractivity contribution in [2.24, 2.45) is 5.73 Å². The minimum Gasteiger partial charge on any atom is -0.480 e. The van der Waals surface area contributed by atoms with Crippen LogP contribution in [0.5, 0.6) is 0 Å². The highest BCUT2D eigenvalue weighted by atomic mass is 32.2. The fraction of sp³-hybridized carbons (Fsp3) is 0.722. The normalized spacial score (nSPS) is 18.5. The van der Waals surface area contributed by atoms with E-state index in [1.165, 1.54) is 11.8 Å². The zero-order chi connectivity index (χ0) is 23.4. The summed E-state index contributed by atoms with van der Waals surface area (Å²) in [5.41, 5.74) is 5.17. The molecule has 0 bridgehead atoms. The number of hydrogen-bond acceptors (Lipinski definition) is 8. The summed E-state index contributed by atoms with van der Waals surface area (Å²) in [5, 5.41) is 28.4. The van der Waals surface area contributed by atoms with E-state index < -0.39 is 60.4 Å². The summed E-state index contributed by atoms with van der Waals surface area (Å²) in [7, 11) is 0. The smallest absolute Gasteiger partial charge is 0.328 e. The topological polar surface area (TPSA) is 200 Å². The number of nitrogens with two attached hydrogens (primary N) is 1. The third-order valence-corrected chi connectivity index (χ3v) is 5.37. The number of aliphatic hydroxyl groups excluding tert-OH is 1. The predicted octanol–water partition coefficient (Wildman–Crippen LogP) is -2.71. The molecule has 0 aromatic rings. The van der Waals surface area contributed by atoms with Crippen LogP contribution < -0.4 is 27.0 Å². The number of rotatable bonds is 14. The summed E-state index contributed by atoms with van der Waals surface area (Å²) in [5.74, 6) is -3.43. The van der Waals surface area contributed by atoms with Crippen LogP contribution in [0.15, 0.2) is 0 Å². The first-order valence-electron chi connectivity index (χ1n) is 9.95. The molecule has 1 fully saturated rings. The van der Waals surface area contributed by atoms with E-state index in [1.54, 1.807) is 6.26 Å². The van der Waals surface area contributed by atoms with Crippen LogP contribution in [-0.2, 0) is 24.0 Å². The molecule has 1 rings (SSSR count). The molecule has 0 aliphatic carbocycles. The Kier molecular flexibility index (Phi) is 11.9. The van der Waals surface area contributed by atoms with Crippen LogP contribution >= 0.6 is 11.8 Å². The van der Waals surface area contributed by atoms with E-state index in [0.717, 1.165) is 6.42 Å². The van der Waals surface area contributed by atoms with Gasteiger partial charge < -0.3 is 37.2 Å². The molecular weight excluding hydrogens is 430 g/mol. The average molecular weight is 462 g/mol. The van der Waals surface area contributed by atoms with Gasteiger partial charge in [0, 0.05) is 6.42 Å². The van der Waals surface area contributed by atoms with Gasteiger partial charge in [0.15, 0.2) is 0 Å². The van der Waals surface area contributed by atoms with Gasteiger partial charge in [-0.3, -0.25) is 19.2 Å². The lowest BCUT2D eigenvalue weighted by Gasteiger charge is -2.24. The van der Waals surface area contributed by atoms with Gasteiger partial charge in [0.2, 0.25) is 23.6 Å². The van der Waals surface area contributed by atoms with E-state index in [2.05, 4.69) is 21.3 Å². The van der Waals surface area contributed by atoms with Crippen molar-refractivity contribution in [1.82, 2.24) is 21.3 Å². The van der Waals surface area contributed by atoms with Crippen molar-refractivity contribution in [3.63, 3.8) is 0 Å². The quantitative estimate of drug-likeness (QED) is 0.144. The fourth-order valence-corrected chi connectivity index (χ4v) is 3.44. The van der Waals surface area contributed by atoms with Gasteiger partial charge >= 0.3 is 5.97 Å². The maximum absolute atomic E-state index is 12.8. The molecule has 12 nitrogen and oxygen atoms in total. The van der Waals surface area contributed by atoms with E-state index in [4.69, 9.17) is 15.9 Å². The highest BCUT2D eigenvalue weighted by Gasteiger charge is 2.31. The lowest BCUT2D eigenvalue weighted by atomic mass is 10.1. The number of carboxylic acids is 1. The number of nitrogens with one attached hydrogen (secondary N) is 4. The van der Waals surface area contributed by atoms with Gasteiger partial charge in [-0.2, -0.15) is 11.8 Å². The molecule has 0 radical (unpaired) electrons. The average Bonchev–Trinajstić information content (AvgIpc) is 3.26. The molecule has 31 heavy (non-hydrogen) atoms. The van der Waals surface area contributed by atoms with Gasteiger partial charge in [0.1, 0.15) is 18.1 Å².